The molecule has 0 aliphatic rings. The van der Waals surface area contributed by atoms with E-state index in [1.807, 2.05) is 0 Å². The first-order chi connectivity index (χ1) is 12.9. The normalized spacial score (nSPS) is 12.5. The predicted molar refractivity (Wildman–Crippen MR) is 112 cm³/mol. The van der Waals surface area contributed by atoms with Gasteiger partial charge in [-0.1, -0.05) is 11.6 Å². The van der Waals surface area contributed by atoms with Gasteiger partial charge in [-0.25, -0.2) is 17.6 Å². The number of carboxylic acids is 1. The van der Waals surface area contributed by atoms with Crippen LogP contribution >= 0.6 is 43.5 Å². The molecule has 0 aliphatic heterocycles. The highest BCUT2D eigenvalue weighted by Crippen LogP contribution is 2.36. The van der Waals surface area contributed by atoms with E-state index in [1.165, 1.54) is 6.07 Å². The maximum atomic E-state index is 13.4. The summed E-state index contributed by atoms with van der Waals surface area (Å²) in [6.07, 6.45) is -1.24. The molecule has 1 unspecified atom stereocenters. The van der Waals surface area contributed by atoms with Gasteiger partial charge in [0.15, 0.2) is 0 Å². The quantitative estimate of drug-likeness (QED) is 0.486. The molecule has 6 nitrogen and oxygen atoms in total. The summed E-state index contributed by atoms with van der Waals surface area (Å²) in [7, 11) is -3.45. The molecule has 2 rings (SSSR count). The number of hydrogen-bond acceptors (Lipinski definition) is 4. The smallest absolute Gasteiger partial charge is 0.338 e. The highest BCUT2D eigenvalue weighted by atomic mass is 79.9. The maximum absolute atomic E-state index is 13.4. The van der Waals surface area contributed by atoms with E-state index in [4.69, 9.17) is 21.4 Å². The fourth-order valence-corrected chi connectivity index (χ4v) is 4.64. The number of benzene rings is 2. The molecule has 0 fully saturated rings. The summed E-state index contributed by atoms with van der Waals surface area (Å²) in [5.41, 5.74) is 1.41. The zero-order valence-electron chi connectivity index (χ0n) is 14.4. The van der Waals surface area contributed by atoms with Crippen LogP contribution in [0.25, 0.3) is 0 Å². The van der Waals surface area contributed by atoms with Crippen molar-refractivity contribution in [1.29, 1.82) is 0 Å². The van der Waals surface area contributed by atoms with Crippen LogP contribution < -0.4 is 9.46 Å². The maximum Gasteiger partial charge on any atom is 0.338 e. The Morgan fingerprint density at radius 3 is 2.36 bits per heavy atom. The van der Waals surface area contributed by atoms with Crippen molar-refractivity contribution >= 4 is 65.1 Å². The van der Waals surface area contributed by atoms with E-state index in [0.717, 1.165) is 6.26 Å². The Labute approximate surface area is 183 Å². The second kappa shape index (κ2) is 9.43. The monoisotopic (exact) mass is 557 g/mol. The largest absolute Gasteiger partial charge is 0.487 e. The van der Waals surface area contributed by atoms with Crippen molar-refractivity contribution in [2.75, 3.05) is 11.0 Å². The lowest BCUT2D eigenvalue weighted by Crippen LogP contribution is -2.17. The highest BCUT2D eigenvalue weighted by molar-refractivity contribution is 9.11. The molecule has 2 aromatic carbocycles. The molecule has 1 atom stereocenters. The Morgan fingerprint density at radius 1 is 1.21 bits per heavy atom. The first-order valence-electron chi connectivity index (χ1n) is 7.69. The van der Waals surface area contributed by atoms with Gasteiger partial charge >= 0.3 is 5.97 Å². The number of nitrogens with one attached hydrogen (secondary N) is 1. The Bertz CT molecular complexity index is 980. The van der Waals surface area contributed by atoms with E-state index in [-0.39, 0.29) is 13.0 Å². The number of ether oxygens (including phenoxy) is 1. The van der Waals surface area contributed by atoms with Gasteiger partial charge in [0.2, 0.25) is 16.2 Å². The standard InChI is InChI=1S/C17H15Br2ClFNO5S/c1-28(25,26)22-12-3-10(2-11(20)7-12)8-27-16-13(18)4-9(5-14(16)19)6-15(21)17(23)24/h2-5,7,15,22H,6,8H2,1H3,(H,23,24). The number of hydrogen-bond donors (Lipinski definition) is 2. The summed E-state index contributed by atoms with van der Waals surface area (Å²) in [4.78, 5) is 10.7. The lowest BCUT2D eigenvalue weighted by Gasteiger charge is -2.14. The molecule has 0 bridgehead atoms. The molecular weight excluding hydrogens is 545 g/mol. The number of aliphatic carboxylic acids is 1. The van der Waals surface area contributed by atoms with Crippen LogP contribution in [0.15, 0.2) is 39.3 Å². The summed E-state index contributed by atoms with van der Waals surface area (Å²) in [6, 6.07) is 7.84. The van der Waals surface area contributed by atoms with Crippen LogP contribution in [0.4, 0.5) is 10.1 Å². The summed E-state index contributed by atoms with van der Waals surface area (Å²) >= 11 is 12.7. The van der Waals surface area contributed by atoms with Gasteiger partial charge in [0.1, 0.15) is 12.4 Å². The van der Waals surface area contributed by atoms with Crippen LogP contribution in [0, 0.1) is 0 Å². The van der Waals surface area contributed by atoms with Crippen molar-refractivity contribution in [1.82, 2.24) is 0 Å². The number of sulfonamides is 1. The molecule has 0 saturated heterocycles. The molecular formula is C17H15Br2ClFNO5S. The minimum Gasteiger partial charge on any atom is -0.487 e. The molecule has 0 aromatic heterocycles. The molecule has 28 heavy (non-hydrogen) atoms. The van der Waals surface area contributed by atoms with Crippen LogP contribution in [-0.2, 0) is 27.8 Å². The topological polar surface area (TPSA) is 92.7 Å². The molecule has 0 heterocycles. The zero-order chi connectivity index (χ0) is 21.1. The summed E-state index contributed by atoms with van der Waals surface area (Å²) in [5.74, 6) is -1.10. The average molecular weight is 560 g/mol. The third-order valence-corrected chi connectivity index (χ3v) is 5.39. The number of alkyl halides is 1. The molecule has 0 amide bonds. The van der Waals surface area contributed by atoms with Crippen LogP contribution in [-0.4, -0.2) is 31.9 Å². The van der Waals surface area contributed by atoms with Crippen LogP contribution in [0.5, 0.6) is 5.75 Å². The van der Waals surface area contributed by atoms with Crippen molar-refractivity contribution in [3.63, 3.8) is 0 Å². The van der Waals surface area contributed by atoms with Gasteiger partial charge in [0.05, 0.1) is 20.9 Å². The van der Waals surface area contributed by atoms with Gasteiger partial charge in [0.25, 0.3) is 0 Å². The van der Waals surface area contributed by atoms with Gasteiger partial charge in [-0.15, -0.1) is 0 Å². The summed E-state index contributed by atoms with van der Waals surface area (Å²) in [5, 5.41) is 9.02. The van der Waals surface area contributed by atoms with Crippen molar-refractivity contribution < 1.29 is 27.4 Å². The average Bonchev–Trinajstić information content (AvgIpc) is 2.51. The fraction of sp³-hybridized carbons (Fsp3) is 0.235. The molecule has 0 radical (unpaired) electrons. The van der Waals surface area contributed by atoms with Crippen molar-refractivity contribution in [3.05, 3.63) is 55.4 Å². The predicted octanol–water partition coefficient (Wildman–Crippen LogP) is 4.78. The highest BCUT2D eigenvalue weighted by Gasteiger charge is 2.18. The van der Waals surface area contributed by atoms with E-state index < -0.39 is 22.2 Å². The van der Waals surface area contributed by atoms with Crippen molar-refractivity contribution in [2.24, 2.45) is 0 Å². The molecule has 152 valence electrons. The van der Waals surface area contributed by atoms with E-state index in [9.17, 15) is 17.6 Å². The van der Waals surface area contributed by atoms with Crippen LogP contribution in [0.1, 0.15) is 11.1 Å². The molecule has 11 heteroatoms. The summed E-state index contributed by atoms with van der Waals surface area (Å²) < 4.78 is 45.3. The Hall–Kier alpha value is -1.36. The van der Waals surface area contributed by atoms with E-state index in [0.29, 0.717) is 36.5 Å². The SMILES string of the molecule is CS(=O)(=O)Nc1cc(Cl)cc(COc2c(Br)cc(CC(F)C(=O)O)cc2Br)c1. The first kappa shape index (κ1) is 22.9. The second-order valence-electron chi connectivity index (χ2n) is 5.91. The molecule has 2 aromatic rings. The van der Waals surface area contributed by atoms with Gasteiger partial charge in [-0.3, -0.25) is 4.72 Å². The number of halogens is 4. The number of carbonyl (C=O) groups is 1. The summed E-state index contributed by atoms with van der Waals surface area (Å²) in [6.45, 7) is 0.0798. The van der Waals surface area contributed by atoms with Gasteiger partial charge in [-0.2, -0.15) is 0 Å². The minimum atomic E-state index is -3.45. The second-order valence-corrected chi connectivity index (χ2v) is 9.80. The zero-order valence-corrected chi connectivity index (χ0v) is 19.1. The minimum absolute atomic E-state index is 0.0798. The van der Waals surface area contributed by atoms with Crippen LogP contribution in [0.3, 0.4) is 0 Å². The number of anilines is 1. The lowest BCUT2D eigenvalue weighted by molar-refractivity contribution is -0.142. The van der Waals surface area contributed by atoms with E-state index in [1.54, 1.807) is 24.3 Å². The van der Waals surface area contributed by atoms with Gasteiger partial charge in [-0.05, 0) is 73.3 Å². The lowest BCUT2D eigenvalue weighted by atomic mass is 10.1. The van der Waals surface area contributed by atoms with Gasteiger partial charge in [0, 0.05) is 11.4 Å². The number of rotatable bonds is 8. The van der Waals surface area contributed by atoms with Crippen molar-refractivity contribution in [2.45, 2.75) is 19.2 Å². The van der Waals surface area contributed by atoms with Crippen molar-refractivity contribution in [3.8, 4) is 5.75 Å². The number of carboxylic acid groups (broad SMARTS) is 1. The molecule has 2 N–H and O–H groups in total. The van der Waals surface area contributed by atoms with Crippen LogP contribution in [0.2, 0.25) is 5.02 Å². The van der Waals surface area contributed by atoms with Gasteiger partial charge < -0.3 is 9.84 Å². The Balaban J connectivity index is 2.17. The third kappa shape index (κ3) is 6.91. The van der Waals surface area contributed by atoms with E-state index in [2.05, 4.69) is 36.6 Å². The Morgan fingerprint density at radius 2 is 1.82 bits per heavy atom. The fourth-order valence-electron chi connectivity index (χ4n) is 2.32. The first-order valence-corrected chi connectivity index (χ1v) is 11.5. The molecule has 0 aliphatic carbocycles. The third-order valence-electron chi connectivity index (χ3n) is 3.38. The Kier molecular flexibility index (Phi) is 7.72. The molecule has 0 saturated carbocycles. The van der Waals surface area contributed by atoms with E-state index >= 15 is 0 Å². The molecule has 0 spiro atoms.